The summed E-state index contributed by atoms with van der Waals surface area (Å²) >= 11 is 13.9. The first-order valence-electron chi connectivity index (χ1n) is 15.5. The predicted octanol–water partition coefficient (Wildman–Crippen LogP) is 5.56. The summed E-state index contributed by atoms with van der Waals surface area (Å²) in [5.41, 5.74) is 0.377. The SMILES string of the molecule is CS(=O)(=O)N(Cc1nccs1)c1ccc2c(c1)C(=O)N(CC(=O)O[C@@H](Cc1c(Cl)c[n+]([O-])cc1Cl)c1ccc(OC(F)F)c(OCC3CC3)c1)C2=O. The van der Waals surface area contributed by atoms with E-state index in [2.05, 4.69) is 9.72 Å². The lowest BCUT2D eigenvalue weighted by molar-refractivity contribution is -0.605. The summed E-state index contributed by atoms with van der Waals surface area (Å²) in [6.45, 7) is -3.86. The molecule has 52 heavy (non-hydrogen) atoms. The van der Waals surface area contributed by atoms with E-state index in [1.165, 1.54) is 53.9 Å². The van der Waals surface area contributed by atoms with Gasteiger partial charge in [0.05, 0.1) is 36.2 Å². The van der Waals surface area contributed by atoms with E-state index in [9.17, 15) is 36.8 Å². The van der Waals surface area contributed by atoms with Gasteiger partial charge in [-0.05, 0) is 54.7 Å². The van der Waals surface area contributed by atoms with Crippen molar-refractivity contribution in [2.45, 2.75) is 38.5 Å². The second-order valence-corrected chi connectivity index (χ2v) is 15.6. The topological polar surface area (TPSA) is 159 Å². The summed E-state index contributed by atoms with van der Waals surface area (Å²) in [5.74, 6) is -2.76. The number of sulfonamides is 1. The Kier molecular flexibility index (Phi) is 10.9. The molecule has 13 nitrogen and oxygen atoms in total. The molecule has 0 bridgehead atoms. The predicted molar refractivity (Wildman–Crippen MR) is 184 cm³/mol. The molecule has 1 aliphatic carbocycles. The Morgan fingerprint density at radius 3 is 2.44 bits per heavy atom. The molecule has 2 aromatic carbocycles. The van der Waals surface area contributed by atoms with Crippen molar-refractivity contribution >= 4 is 68.0 Å². The van der Waals surface area contributed by atoms with E-state index in [1.807, 2.05) is 0 Å². The molecule has 0 radical (unpaired) electrons. The van der Waals surface area contributed by atoms with Crippen LogP contribution in [0.25, 0.3) is 0 Å². The summed E-state index contributed by atoms with van der Waals surface area (Å²) in [7, 11) is -3.84. The maximum atomic E-state index is 13.5. The van der Waals surface area contributed by atoms with Crippen molar-refractivity contribution in [2.75, 3.05) is 23.7 Å². The van der Waals surface area contributed by atoms with E-state index < -0.39 is 47.1 Å². The second kappa shape index (κ2) is 15.2. The van der Waals surface area contributed by atoms with Gasteiger partial charge in [0.15, 0.2) is 23.9 Å². The minimum Gasteiger partial charge on any atom is -0.619 e. The number of rotatable bonds is 15. The molecule has 1 saturated carbocycles. The fourth-order valence-electron chi connectivity index (χ4n) is 5.42. The molecule has 0 saturated heterocycles. The van der Waals surface area contributed by atoms with E-state index >= 15 is 0 Å². The molecule has 0 N–H and O–H groups in total. The van der Waals surface area contributed by atoms with Gasteiger partial charge in [0.1, 0.15) is 27.7 Å². The Hall–Kier alpha value is -4.58. The summed E-state index contributed by atoms with van der Waals surface area (Å²) in [5, 5.41) is 14.0. The lowest BCUT2D eigenvalue weighted by Crippen LogP contribution is -2.36. The van der Waals surface area contributed by atoms with Crippen LogP contribution in [0, 0.1) is 11.1 Å². The Morgan fingerprint density at radius 2 is 1.81 bits per heavy atom. The third kappa shape index (κ3) is 8.54. The van der Waals surface area contributed by atoms with Gasteiger partial charge in [-0.15, -0.1) is 11.3 Å². The van der Waals surface area contributed by atoms with Gasteiger partial charge in [0, 0.05) is 23.6 Å². The van der Waals surface area contributed by atoms with Gasteiger partial charge in [-0.1, -0.05) is 29.3 Å². The number of nitrogens with zero attached hydrogens (tertiary/aromatic N) is 4. The van der Waals surface area contributed by atoms with Crippen LogP contribution in [0.2, 0.25) is 10.0 Å². The Morgan fingerprint density at radius 1 is 1.10 bits per heavy atom. The molecule has 1 fully saturated rings. The van der Waals surface area contributed by atoms with Crippen LogP contribution in [0.15, 0.2) is 60.4 Å². The molecule has 1 atom stereocenters. The van der Waals surface area contributed by atoms with Crippen LogP contribution in [0.4, 0.5) is 14.5 Å². The van der Waals surface area contributed by atoms with Gasteiger partial charge in [-0.2, -0.15) is 13.5 Å². The number of aromatic nitrogens is 2. The van der Waals surface area contributed by atoms with E-state index in [0.29, 0.717) is 14.6 Å². The quantitative estimate of drug-likeness (QED) is 0.0645. The number of carbonyl (C=O) groups excluding carboxylic acids is 3. The lowest BCUT2D eigenvalue weighted by Gasteiger charge is -2.22. The largest absolute Gasteiger partial charge is 0.619 e. The van der Waals surface area contributed by atoms with Crippen molar-refractivity contribution < 1.29 is 50.5 Å². The number of hydrogen-bond acceptors (Lipinski definition) is 11. The van der Waals surface area contributed by atoms with Crippen molar-refractivity contribution in [2.24, 2.45) is 5.92 Å². The number of benzene rings is 2. The number of ether oxygens (including phenoxy) is 3. The minimum absolute atomic E-state index is 0.0393. The van der Waals surface area contributed by atoms with Crippen LogP contribution in [0.5, 0.6) is 11.5 Å². The molecule has 4 aromatic rings. The number of pyridine rings is 1. The number of hydrogen-bond donors (Lipinski definition) is 0. The minimum atomic E-state index is -3.84. The average Bonchev–Trinajstić information content (AvgIpc) is 3.70. The highest BCUT2D eigenvalue weighted by molar-refractivity contribution is 7.92. The first kappa shape index (κ1) is 37.2. The zero-order valence-electron chi connectivity index (χ0n) is 27.0. The maximum absolute atomic E-state index is 13.5. The van der Waals surface area contributed by atoms with Gasteiger partial charge in [0.25, 0.3) is 11.8 Å². The van der Waals surface area contributed by atoms with Gasteiger partial charge in [0.2, 0.25) is 10.0 Å². The molecule has 2 amide bonds. The molecule has 6 rings (SSSR count). The number of esters is 1. The molecule has 2 aromatic heterocycles. The van der Waals surface area contributed by atoms with E-state index in [0.717, 1.165) is 35.8 Å². The van der Waals surface area contributed by atoms with Crippen molar-refractivity contribution in [3.05, 3.63) is 103 Å². The summed E-state index contributed by atoms with van der Waals surface area (Å²) < 4.78 is 69.4. The van der Waals surface area contributed by atoms with Crippen LogP contribution in [-0.4, -0.2) is 62.1 Å². The number of carbonyl (C=O) groups is 3. The molecule has 0 spiro atoms. The normalized spacial score (nSPS) is 14.8. The Labute approximate surface area is 309 Å². The number of halogens is 4. The molecule has 0 unspecified atom stereocenters. The molecular formula is C33H28Cl2F2N4O9S2. The molecular weight excluding hydrogens is 769 g/mol. The van der Waals surface area contributed by atoms with Gasteiger partial charge in [-0.3, -0.25) is 23.6 Å². The fraction of sp³-hybridized carbons (Fsp3) is 0.303. The monoisotopic (exact) mass is 796 g/mol. The Bertz CT molecular complexity index is 2110. The maximum Gasteiger partial charge on any atom is 0.387 e. The molecule has 19 heteroatoms. The molecule has 274 valence electrons. The summed E-state index contributed by atoms with van der Waals surface area (Å²) in [4.78, 5) is 45.1. The molecule has 3 heterocycles. The van der Waals surface area contributed by atoms with Crippen LogP contribution in [0.1, 0.15) is 55.8 Å². The van der Waals surface area contributed by atoms with E-state index in [1.54, 1.807) is 5.38 Å². The standard InChI is InChI=1S/C33H28Cl2F2N4O9S2/c1-52(46,47)41(15-29-38-8-9-51-29)20-5-6-21-22(11-20)32(44)40(31(21)43)16-30(42)49-27(12-23-24(34)13-39(45)14-25(23)35)19-4-7-26(50-33(36)37)28(10-19)48-17-18-2-3-18/h4-11,13-14,18,27,33H,2-3,12,15-17H2,1H3/t27-/m0/s1. The van der Waals surface area contributed by atoms with Crippen molar-refractivity contribution in [1.82, 2.24) is 9.88 Å². The van der Waals surface area contributed by atoms with Crippen LogP contribution >= 0.6 is 34.5 Å². The van der Waals surface area contributed by atoms with Crippen molar-refractivity contribution in [3.63, 3.8) is 0 Å². The van der Waals surface area contributed by atoms with Crippen molar-refractivity contribution in [1.29, 1.82) is 0 Å². The van der Waals surface area contributed by atoms with Crippen LogP contribution < -0.4 is 18.5 Å². The highest BCUT2D eigenvalue weighted by atomic mass is 35.5. The number of fused-ring (bicyclic) bond motifs is 1. The number of alkyl halides is 2. The summed E-state index contributed by atoms with van der Waals surface area (Å²) in [6.07, 6.45) is 4.97. The number of anilines is 1. The highest BCUT2D eigenvalue weighted by Gasteiger charge is 2.39. The van der Waals surface area contributed by atoms with Crippen molar-refractivity contribution in [3.8, 4) is 11.5 Å². The first-order valence-corrected chi connectivity index (χ1v) is 19.0. The zero-order chi connectivity index (χ0) is 37.3. The molecule has 2 aliphatic rings. The van der Waals surface area contributed by atoms with Gasteiger partial charge < -0.3 is 19.4 Å². The highest BCUT2D eigenvalue weighted by Crippen LogP contribution is 2.38. The second-order valence-electron chi connectivity index (χ2n) is 11.9. The number of amides is 2. The van der Waals surface area contributed by atoms with E-state index in [4.69, 9.17) is 32.7 Å². The van der Waals surface area contributed by atoms with Crippen LogP contribution in [0.3, 0.4) is 0 Å². The average molecular weight is 798 g/mol. The lowest BCUT2D eigenvalue weighted by atomic mass is 10.0. The third-order valence-electron chi connectivity index (χ3n) is 8.14. The van der Waals surface area contributed by atoms with Gasteiger partial charge >= 0.3 is 12.6 Å². The molecule has 1 aliphatic heterocycles. The zero-order valence-corrected chi connectivity index (χ0v) is 30.2. The number of thiazole rings is 1. The van der Waals surface area contributed by atoms with E-state index in [-0.39, 0.29) is 75.0 Å². The van der Waals surface area contributed by atoms with Gasteiger partial charge in [-0.25, -0.2) is 13.4 Å². The first-order chi connectivity index (χ1) is 24.7. The van der Waals surface area contributed by atoms with Crippen LogP contribution in [-0.2, 0) is 32.5 Å². The smallest absolute Gasteiger partial charge is 0.387 e. The Balaban J connectivity index is 1.26. The number of imide groups is 1. The summed E-state index contributed by atoms with van der Waals surface area (Å²) in [6, 6.07) is 7.87. The fourth-order valence-corrected chi connectivity index (χ4v) is 7.56. The third-order valence-corrected chi connectivity index (χ3v) is 10.7.